The van der Waals surface area contributed by atoms with Crippen molar-refractivity contribution in [1.29, 1.82) is 0 Å². The van der Waals surface area contributed by atoms with E-state index in [2.05, 4.69) is 4.98 Å². The third-order valence-electron chi connectivity index (χ3n) is 5.74. The Bertz CT molecular complexity index is 1520. The van der Waals surface area contributed by atoms with Crippen LogP contribution in [-0.4, -0.2) is 28.3 Å². The van der Waals surface area contributed by atoms with E-state index in [1.54, 1.807) is 0 Å². The summed E-state index contributed by atoms with van der Waals surface area (Å²) in [4.78, 5) is 15.8. The molecule has 0 radical (unpaired) electrons. The summed E-state index contributed by atoms with van der Waals surface area (Å²) in [5, 5.41) is 9.79. The van der Waals surface area contributed by atoms with Gasteiger partial charge in [-0.3, -0.25) is 9.78 Å². The Labute approximate surface area is 213 Å². The van der Waals surface area contributed by atoms with Crippen molar-refractivity contribution >= 4 is 22.9 Å². The summed E-state index contributed by atoms with van der Waals surface area (Å²) in [5.74, 6) is -4.36. The van der Waals surface area contributed by atoms with E-state index < -0.39 is 47.2 Å². The molecule has 1 aliphatic heterocycles. The highest BCUT2D eigenvalue weighted by molar-refractivity contribution is 5.90. The summed E-state index contributed by atoms with van der Waals surface area (Å²) >= 11 is 0. The molecule has 3 aromatic carbocycles. The molecule has 5 rings (SSSR count). The Hall–Kier alpha value is -4.44. The first-order chi connectivity index (χ1) is 18.3. The van der Waals surface area contributed by atoms with Gasteiger partial charge in [-0.15, -0.1) is 0 Å². The molecule has 194 valence electrons. The second kappa shape index (κ2) is 10.5. The SMILES string of the molecule is O=C1C[C@H](O)C[C@@H](/C=C/c2cnc3c(F)c(Oc4ccc(F)cc4)c(F)cc3c2Oc2ccc(F)cc2)O1. The van der Waals surface area contributed by atoms with Crippen molar-refractivity contribution in [2.75, 3.05) is 0 Å². The number of halogens is 4. The Kier molecular flexibility index (Phi) is 6.97. The number of aromatic nitrogens is 1. The zero-order valence-corrected chi connectivity index (χ0v) is 19.5. The van der Waals surface area contributed by atoms with E-state index in [0.717, 1.165) is 30.3 Å². The number of hydrogen-bond acceptors (Lipinski definition) is 6. The van der Waals surface area contributed by atoms with E-state index in [0.29, 0.717) is 0 Å². The molecule has 0 saturated carbocycles. The molecule has 0 unspecified atom stereocenters. The van der Waals surface area contributed by atoms with Crippen LogP contribution in [0.15, 0.2) is 66.9 Å². The Morgan fingerprint density at radius 3 is 2.13 bits per heavy atom. The molecule has 4 aromatic rings. The Balaban J connectivity index is 1.58. The zero-order chi connectivity index (χ0) is 26.8. The van der Waals surface area contributed by atoms with E-state index in [4.69, 9.17) is 14.2 Å². The van der Waals surface area contributed by atoms with Crippen molar-refractivity contribution in [2.24, 2.45) is 0 Å². The second-order valence-corrected chi connectivity index (χ2v) is 8.53. The van der Waals surface area contributed by atoms with E-state index in [-0.39, 0.29) is 46.6 Å². The van der Waals surface area contributed by atoms with Crippen LogP contribution < -0.4 is 9.47 Å². The number of ether oxygens (including phenoxy) is 3. The zero-order valence-electron chi connectivity index (χ0n) is 19.5. The number of esters is 1. The number of benzene rings is 3. The summed E-state index contributed by atoms with van der Waals surface area (Å²) in [6.45, 7) is 0. The molecule has 1 aliphatic rings. The maximum atomic E-state index is 15.5. The van der Waals surface area contributed by atoms with E-state index in [1.165, 1.54) is 42.6 Å². The van der Waals surface area contributed by atoms with Gasteiger partial charge in [0.2, 0.25) is 5.75 Å². The van der Waals surface area contributed by atoms with Crippen LogP contribution >= 0.6 is 0 Å². The number of rotatable bonds is 6. The topological polar surface area (TPSA) is 77.9 Å². The summed E-state index contributed by atoms with van der Waals surface area (Å²) in [7, 11) is 0. The number of carbonyl (C=O) groups is 1. The number of carbonyl (C=O) groups excluding carboxylic acids is 1. The smallest absolute Gasteiger partial charge is 0.309 e. The highest BCUT2D eigenvalue weighted by Crippen LogP contribution is 2.39. The molecule has 0 aliphatic carbocycles. The van der Waals surface area contributed by atoms with Crippen molar-refractivity contribution in [3.8, 4) is 23.0 Å². The van der Waals surface area contributed by atoms with Gasteiger partial charge < -0.3 is 19.3 Å². The van der Waals surface area contributed by atoms with Crippen LogP contribution in [0.1, 0.15) is 18.4 Å². The molecule has 0 amide bonds. The lowest BCUT2D eigenvalue weighted by Crippen LogP contribution is -2.31. The normalized spacial score (nSPS) is 17.6. The number of nitrogens with zero attached hydrogens (tertiary/aromatic N) is 1. The molecule has 38 heavy (non-hydrogen) atoms. The van der Waals surface area contributed by atoms with Crippen molar-refractivity contribution in [1.82, 2.24) is 4.98 Å². The minimum absolute atomic E-state index is 0.00771. The van der Waals surface area contributed by atoms with Crippen molar-refractivity contribution < 1.29 is 41.7 Å². The fourth-order valence-corrected chi connectivity index (χ4v) is 3.94. The molecular weight excluding hydrogens is 506 g/mol. The first-order valence-electron chi connectivity index (χ1n) is 11.5. The number of aliphatic hydroxyl groups is 1. The molecule has 2 heterocycles. The quantitative estimate of drug-likeness (QED) is 0.230. The molecule has 0 spiro atoms. The molecule has 1 N–H and O–H groups in total. The van der Waals surface area contributed by atoms with Crippen LogP contribution in [-0.2, 0) is 9.53 Å². The van der Waals surface area contributed by atoms with Gasteiger partial charge in [-0.05, 0) is 60.7 Å². The maximum Gasteiger partial charge on any atom is 0.309 e. The van der Waals surface area contributed by atoms with Gasteiger partial charge >= 0.3 is 5.97 Å². The van der Waals surface area contributed by atoms with Crippen LogP contribution in [0.2, 0.25) is 0 Å². The van der Waals surface area contributed by atoms with Gasteiger partial charge in [-0.2, -0.15) is 0 Å². The summed E-state index contributed by atoms with van der Waals surface area (Å²) < 4.78 is 73.7. The van der Waals surface area contributed by atoms with E-state index >= 15 is 8.78 Å². The van der Waals surface area contributed by atoms with Gasteiger partial charge in [0.25, 0.3) is 0 Å². The second-order valence-electron chi connectivity index (χ2n) is 8.53. The third-order valence-corrected chi connectivity index (χ3v) is 5.74. The van der Waals surface area contributed by atoms with Crippen molar-refractivity contribution in [3.63, 3.8) is 0 Å². The Morgan fingerprint density at radius 2 is 1.53 bits per heavy atom. The lowest BCUT2D eigenvalue weighted by molar-refractivity contribution is -0.156. The van der Waals surface area contributed by atoms with Gasteiger partial charge in [0.05, 0.1) is 12.5 Å². The molecule has 1 fully saturated rings. The van der Waals surface area contributed by atoms with Gasteiger partial charge in [0, 0.05) is 23.6 Å². The largest absolute Gasteiger partial charge is 0.458 e. The van der Waals surface area contributed by atoms with Gasteiger partial charge in [-0.25, -0.2) is 17.6 Å². The lowest BCUT2D eigenvalue weighted by atomic mass is 10.0. The van der Waals surface area contributed by atoms with E-state index in [1.807, 2.05) is 0 Å². The molecule has 10 heteroatoms. The number of pyridine rings is 1. The minimum atomic E-state index is -1.12. The predicted molar refractivity (Wildman–Crippen MR) is 129 cm³/mol. The highest BCUT2D eigenvalue weighted by Gasteiger charge is 2.26. The highest BCUT2D eigenvalue weighted by atomic mass is 19.1. The third kappa shape index (κ3) is 5.45. The van der Waals surface area contributed by atoms with Crippen LogP contribution in [0.3, 0.4) is 0 Å². The number of hydrogen-bond donors (Lipinski definition) is 1. The summed E-state index contributed by atoms with van der Waals surface area (Å²) in [6.07, 6.45) is 2.71. The maximum absolute atomic E-state index is 15.5. The van der Waals surface area contributed by atoms with Crippen LogP contribution in [0.25, 0.3) is 17.0 Å². The van der Waals surface area contributed by atoms with Crippen molar-refractivity contribution in [3.05, 3.63) is 95.7 Å². The standard InChI is InChI=1S/C28H19F4NO5/c29-16-2-7-19(8-3-16)37-27-15(1-6-21-11-18(34)12-24(35)36-21)14-33-26-22(27)13-23(31)28(25(26)32)38-20-9-4-17(30)5-10-20/h1-10,13-14,18,21,34H,11-12H2/b6-1+/t18-,21-/m1/s1. The van der Waals surface area contributed by atoms with Gasteiger partial charge in [-0.1, -0.05) is 6.08 Å². The van der Waals surface area contributed by atoms with Gasteiger partial charge in [0.1, 0.15) is 40.5 Å². The van der Waals surface area contributed by atoms with Gasteiger partial charge in [0.15, 0.2) is 11.6 Å². The van der Waals surface area contributed by atoms with Crippen molar-refractivity contribution in [2.45, 2.75) is 25.0 Å². The number of cyclic esters (lactones) is 1. The van der Waals surface area contributed by atoms with Crippen LogP contribution in [0.4, 0.5) is 17.6 Å². The fraction of sp³-hybridized carbons (Fsp3) is 0.143. The summed E-state index contributed by atoms with van der Waals surface area (Å²) in [5.41, 5.74) is -0.0128. The summed E-state index contributed by atoms with van der Waals surface area (Å²) in [6, 6.07) is 10.6. The Morgan fingerprint density at radius 1 is 0.921 bits per heavy atom. The van der Waals surface area contributed by atoms with Crippen LogP contribution in [0.5, 0.6) is 23.0 Å². The molecule has 6 nitrogen and oxygen atoms in total. The van der Waals surface area contributed by atoms with E-state index in [9.17, 15) is 18.7 Å². The average molecular weight is 525 g/mol. The minimum Gasteiger partial charge on any atom is -0.458 e. The molecule has 1 saturated heterocycles. The monoisotopic (exact) mass is 525 g/mol. The fourth-order valence-electron chi connectivity index (χ4n) is 3.94. The first-order valence-corrected chi connectivity index (χ1v) is 11.5. The predicted octanol–water partition coefficient (Wildman–Crippen LogP) is 6.46. The lowest BCUT2D eigenvalue weighted by Gasteiger charge is -2.23. The number of aliphatic hydroxyl groups excluding tert-OH is 1. The first kappa shape index (κ1) is 25.2. The number of fused-ring (bicyclic) bond motifs is 1. The molecule has 1 aromatic heterocycles. The molecule has 2 atom stereocenters. The average Bonchev–Trinajstić information content (AvgIpc) is 2.88. The van der Waals surface area contributed by atoms with Crippen LogP contribution in [0, 0.1) is 23.3 Å². The molecular formula is C28H19F4NO5. The molecule has 0 bridgehead atoms.